The average Bonchev–Trinajstić information content (AvgIpc) is 3.25. The van der Waals surface area contributed by atoms with Crippen LogP contribution in [0, 0.1) is 12.8 Å². The van der Waals surface area contributed by atoms with Crippen LogP contribution < -0.4 is 15.8 Å². The van der Waals surface area contributed by atoms with E-state index in [1.165, 1.54) is 4.90 Å². The zero-order valence-corrected chi connectivity index (χ0v) is 19.2. The molecule has 3 aromatic rings. The second-order valence-electron chi connectivity index (χ2n) is 8.76. The van der Waals surface area contributed by atoms with Crippen molar-refractivity contribution in [2.75, 3.05) is 37.4 Å². The van der Waals surface area contributed by atoms with E-state index in [1.54, 1.807) is 18.3 Å². The minimum Gasteiger partial charge on any atom is -0.491 e. The normalized spacial score (nSPS) is 16.0. The van der Waals surface area contributed by atoms with E-state index in [4.69, 9.17) is 10.5 Å². The van der Waals surface area contributed by atoms with E-state index < -0.39 is 24.5 Å². The molecule has 1 saturated heterocycles. The third-order valence-corrected chi connectivity index (χ3v) is 6.06. The standard InChI is InChI=1S/C25H27F3N4O3/c1-15-2-3-19(31-24(34)32-5-4-16(14-32)12-25(26,27)28)10-20(15)17-8-18-13-30-23(29)11-21(18)22(9-17)35-7-6-33/h2-3,8-11,13,16,33H,4-7,12,14H2,1H3,(H2,29,30)(H,31,34)/t16-/m0/s1. The number of carbonyl (C=O) groups excluding carboxylic acids is 1. The number of nitrogens with one attached hydrogen (secondary N) is 1. The Morgan fingerprint density at radius 2 is 2.09 bits per heavy atom. The molecule has 7 nitrogen and oxygen atoms in total. The molecule has 35 heavy (non-hydrogen) atoms. The molecule has 0 spiro atoms. The van der Waals surface area contributed by atoms with E-state index in [-0.39, 0.29) is 26.3 Å². The number of hydrogen-bond donors (Lipinski definition) is 3. The number of anilines is 2. The zero-order chi connectivity index (χ0) is 25.2. The van der Waals surface area contributed by atoms with Crippen LogP contribution in [0.15, 0.2) is 42.6 Å². The molecule has 1 aromatic heterocycles. The van der Waals surface area contributed by atoms with Crippen molar-refractivity contribution in [3.63, 3.8) is 0 Å². The number of carbonyl (C=O) groups is 1. The summed E-state index contributed by atoms with van der Waals surface area (Å²) in [6, 6.07) is 10.5. The SMILES string of the molecule is Cc1ccc(NC(=O)N2CC[C@@H](CC(F)(F)F)C2)cc1-c1cc(OCCO)c2cc(N)ncc2c1. The minimum absolute atomic E-state index is 0.0798. The molecule has 0 aliphatic carbocycles. The minimum atomic E-state index is -4.23. The number of ether oxygens (including phenoxy) is 1. The number of pyridine rings is 1. The Balaban J connectivity index is 1.58. The number of aryl methyl sites for hydroxylation is 1. The number of aromatic nitrogens is 1. The number of aliphatic hydroxyl groups excluding tert-OH is 1. The summed E-state index contributed by atoms with van der Waals surface area (Å²) in [6.07, 6.45) is -3.14. The highest BCUT2D eigenvalue weighted by Gasteiger charge is 2.36. The fraction of sp³-hybridized carbons (Fsp3) is 0.360. The second kappa shape index (κ2) is 9.99. The topological polar surface area (TPSA) is 101 Å². The smallest absolute Gasteiger partial charge is 0.389 e. The molecule has 1 aliphatic heterocycles. The molecule has 0 bridgehead atoms. The maximum absolute atomic E-state index is 12.7. The molecule has 10 heteroatoms. The predicted octanol–water partition coefficient (Wildman–Crippen LogP) is 4.97. The summed E-state index contributed by atoms with van der Waals surface area (Å²) in [5.74, 6) is 0.313. The van der Waals surface area contributed by atoms with E-state index in [9.17, 15) is 23.1 Å². The fourth-order valence-electron chi connectivity index (χ4n) is 4.39. The summed E-state index contributed by atoms with van der Waals surface area (Å²) in [5.41, 5.74) is 8.97. The number of fused-ring (bicyclic) bond motifs is 1. The number of likely N-dealkylation sites (tertiary alicyclic amines) is 1. The molecule has 2 amide bonds. The molecular weight excluding hydrogens is 461 g/mol. The van der Waals surface area contributed by atoms with Crippen LogP contribution in [0.25, 0.3) is 21.9 Å². The van der Waals surface area contributed by atoms with Crippen molar-refractivity contribution in [3.05, 3.63) is 48.2 Å². The van der Waals surface area contributed by atoms with Crippen molar-refractivity contribution in [2.45, 2.75) is 25.9 Å². The second-order valence-corrected chi connectivity index (χ2v) is 8.76. The van der Waals surface area contributed by atoms with Gasteiger partial charge in [-0.1, -0.05) is 6.07 Å². The van der Waals surface area contributed by atoms with E-state index >= 15 is 0 Å². The Morgan fingerprint density at radius 1 is 1.29 bits per heavy atom. The predicted molar refractivity (Wildman–Crippen MR) is 128 cm³/mol. The van der Waals surface area contributed by atoms with Gasteiger partial charge in [0.05, 0.1) is 6.61 Å². The molecule has 1 aliphatic rings. The van der Waals surface area contributed by atoms with Gasteiger partial charge in [-0.3, -0.25) is 0 Å². The van der Waals surface area contributed by atoms with Crippen molar-refractivity contribution in [3.8, 4) is 16.9 Å². The number of benzene rings is 2. The molecule has 1 atom stereocenters. The lowest BCUT2D eigenvalue weighted by Crippen LogP contribution is -2.33. The number of halogens is 3. The van der Waals surface area contributed by atoms with Gasteiger partial charge in [-0.2, -0.15) is 13.2 Å². The van der Waals surface area contributed by atoms with Gasteiger partial charge in [0.25, 0.3) is 0 Å². The van der Waals surface area contributed by atoms with Crippen LogP contribution >= 0.6 is 0 Å². The first kappa shape index (κ1) is 24.6. The summed E-state index contributed by atoms with van der Waals surface area (Å²) in [5, 5.41) is 13.6. The van der Waals surface area contributed by atoms with Crippen molar-refractivity contribution in [2.24, 2.45) is 5.92 Å². The third kappa shape index (κ3) is 5.94. The molecule has 0 unspecified atom stereocenters. The van der Waals surface area contributed by atoms with Gasteiger partial charge in [0.2, 0.25) is 0 Å². The van der Waals surface area contributed by atoms with E-state index in [2.05, 4.69) is 10.3 Å². The third-order valence-electron chi connectivity index (χ3n) is 6.06. The Morgan fingerprint density at radius 3 is 2.83 bits per heavy atom. The quantitative estimate of drug-likeness (QED) is 0.455. The van der Waals surface area contributed by atoms with E-state index in [0.717, 1.165) is 27.5 Å². The Labute approximate surface area is 200 Å². The van der Waals surface area contributed by atoms with Crippen LogP contribution in [0.3, 0.4) is 0 Å². The Hall–Kier alpha value is -3.53. The van der Waals surface area contributed by atoms with Crippen LogP contribution in [-0.4, -0.2) is 53.5 Å². The largest absolute Gasteiger partial charge is 0.491 e. The van der Waals surface area contributed by atoms with Gasteiger partial charge in [0.1, 0.15) is 18.2 Å². The number of alkyl halides is 3. The number of urea groups is 1. The lowest BCUT2D eigenvalue weighted by molar-refractivity contribution is -0.143. The van der Waals surface area contributed by atoms with Crippen molar-refractivity contribution >= 4 is 28.3 Å². The number of nitrogen functional groups attached to an aromatic ring is 1. The molecule has 186 valence electrons. The first-order valence-corrected chi connectivity index (χ1v) is 11.3. The highest BCUT2D eigenvalue weighted by atomic mass is 19.4. The molecule has 0 radical (unpaired) electrons. The van der Waals surface area contributed by atoms with Crippen molar-refractivity contribution in [1.82, 2.24) is 9.88 Å². The maximum atomic E-state index is 12.7. The van der Waals surface area contributed by atoms with Crippen LogP contribution in [-0.2, 0) is 0 Å². The number of amides is 2. The summed E-state index contributed by atoms with van der Waals surface area (Å²) >= 11 is 0. The van der Waals surface area contributed by atoms with Crippen LogP contribution in [0.5, 0.6) is 5.75 Å². The first-order valence-electron chi connectivity index (χ1n) is 11.3. The summed E-state index contributed by atoms with van der Waals surface area (Å²) < 4.78 is 43.8. The van der Waals surface area contributed by atoms with Gasteiger partial charge in [-0.05, 0) is 66.3 Å². The molecular formula is C25H27F3N4O3. The highest BCUT2D eigenvalue weighted by molar-refractivity contribution is 5.95. The Kier molecular flexibility index (Phi) is 7.02. The van der Waals surface area contributed by atoms with Crippen LogP contribution in [0.2, 0.25) is 0 Å². The molecule has 0 saturated carbocycles. The van der Waals surface area contributed by atoms with Gasteiger partial charge in [-0.15, -0.1) is 0 Å². The lowest BCUT2D eigenvalue weighted by Gasteiger charge is -2.19. The summed E-state index contributed by atoms with van der Waals surface area (Å²) in [6.45, 7) is 2.27. The first-order chi connectivity index (χ1) is 16.6. The number of rotatable bonds is 6. The summed E-state index contributed by atoms with van der Waals surface area (Å²) in [4.78, 5) is 18.3. The van der Waals surface area contributed by atoms with Crippen LogP contribution in [0.4, 0.5) is 29.5 Å². The van der Waals surface area contributed by atoms with Crippen LogP contribution in [0.1, 0.15) is 18.4 Å². The highest BCUT2D eigenvalue weighted by Crippen LogP contribution is 2.36. The zero-order valence-electron chi connectivity index (χ0n) is 19.2. The van der Waals surface area contributed by atoms with Gasteiger partial charge in [-0.25, -0.2) is 9.78 Å². The van der Waals surface area contributed by atoms with Gasteiger partial charge < -0.3 is 25.8 Å². The fourth-order valence-corrected chi connectivity index (χ4v) is 4.39. The number of nitrogens with two attached hydrogens (primary N) is 1. The number of aliphatic hydroxyl groups is 1. The molecule has 4 N–H and O–H groups in total. The number of nitrogens with zero attached hydrogens (tertiary/aromatic N) is 2. The number of hydrogen-bond acceptors (Lipinski definition) is 5. The monoisotopic (exact) mass is 488 g/mol. The molecule has 2 heterocycles. The van der Waals surface area contributed by atoms with E-state index in [0.29, 0.717) is 23.7 Å². The van der Waals surface area contributed by atoms with Gasteiger partial charge in [0, 0.05) is 42.2 Å². The molecule has 2 aromatic carbocycles. The van der Waals surface area contributed by atoms with Gasteiger partial charge >= 0.3 is 12.2 Å². The lowest BCUT2D eigenvalue weighted by atomic mass is 9.97. The van der Waals surface area contributed by atoms with E-state index in [1.807, 2.05) is 31.2 Å². The van der Waals surface area contributed by atoms with Crippen molar-refractivity contribution in [1.29, 1.82) is 0 Å². The molecule has 1 fully saturated rings. The molecule has 4 rings (SSSR count). The van der Waals surface area contributed by atoms with Crippen molar-refractivity contribution < 1.29 is 27.8 Å². The maximum Gasteiger partial charge on any atom is 0.389 e. The summed E-state index contributed by atoms with van der Waals surface area (Å²) in [7, 11) is 0. The average molecular weight is 489 g/mol. The van der Waals surface area contributed by atoms with Gasteiger partial charge in [0.15, 0.2) is 0 Å². The Bertz CT molecular complexity index is 1230.